The second-order valence-electron chi connectivity index (χ2n) is 10.0. The predicted octanol–water partition coefficient (Wildman–Crippen LogP) is 5.67. The van der Waals surface area contributed by atoms with Gasteiger partial charge in [0.2, 0.25) is 5.82 Å². The number of anilines is 1. The van der Waals surface area contributed by atoms with Crippen LogP contribution in [0.5, 0.6) is 0 Å². The Morgan fingerprint density at radius 3 is 2.63 bits per heavy atom. The zero-order valence-electron chi connectivity index (χ0n) is 19.9. The molecule has 2 saturated carbocycles. The second kappa shape index (κ2) is 9.06. The van der Waals surface area contributed by atoms with Crippen LogP contribution in [-0.4, -0.2) is 50.4 Å². The van der Waals surface area contributed by atoms with Crippen LogP contribution in [0.3, 0.4) is 0 Å². The summed E-state index contributed by atoms with van der Waals surface area (Å²) in [6.45, 7) is 0.587. The molecule has 0 unspecified atom stereocenters. The third-order valence-corrected chi connectivity index (χ3v) is 8.30. The third-order valence-electron chi connectivity index (χ3n) is 7.67. The first-order valence-electron chi connectivity index (χ1n) is 12.4. The molecule has 12 heteroatoms. The fourth-order valence-corrected chi connectivity index (χ4v) is 6.30. The van der Waals surface area contributed by atoms with Crippen LogP contribution in [0.2, 0.25) is 10.0 Å². The molecule has 3 aliphatic rings. The molecule has 1 aliphatic heterocycles. The lowest BCUT2D eigenvalue weighted by molar-refractivity contribution is 0.0191. The number of rotatable bonds is 6. The molecule has 3 fully saturated rings. The number of tetrazole rings is 1. The monoisotopic (exact) mass is 554 g/mol. The van der Waals surface area contributed by atoms with E-state index in [0.717, 1.165) is 19.3 Å². The van der Waals surface area contributed by atoms with Crippen LogP contribution in [0.1, 0.15) is 47.7 Å². The molecule has 3 atom stereocenters. The molecule has 0 amide bonds. The molecule has 1 N–H and O–H groups in total. The van der Waals surface area contributed by atoms with Gasteiger partial charge in [-0.15, -0.1) is 10.2 Å². The summed E-state index contributed by atoms with van der Waals surface area (Å²) in [4.78, 5) is 15.6. The summed E-state index contributed by atoms with van der Waals surface area (Å²) < 4.78 is 26.7. The van der Waals surface area contributed by atoms with Gasteiger partial charge in [-0.05, 0) is 54.8 Å². The Kier molecular flexibility index (Phi) is 5.63. The van der Waals surface area contributed by atoms with Gasteiger partial charge in [0, 0.05) is 42.0 Å². The zero-order chi connectivity index (χ0) is 26.0. The molecule has 2 aromatic heterocycles. The summed E-state index contributed by atoms with van der Waals surface area (Å²) in [7, 11) is 0. The largest absolute Gasteiger partial charge is 0.458 e. The average Bonchev–Trinajstić information content (AvgIpc) is 3.28. The second-order valence-corrected chi connectivity index (χ2v) is 10.8. The number of H-pyrrole nitrogens is 1. The molecule has 0 radical (unpaired) electrons. The fraction of sp³-hybridized carbons (Fsp3) is 0.346. The third kappa shape index (κ3) is 3.94. The van der Waals surface area contributed by atoms with E-state index in [0.29, 0.717) is 62.7 Å². The standard InChI is InChI=1S/C26H21Cl2FN6O3/c27-16-2-1-3-17(28)21(16)23-22(24(38-32-23)12-4-5-12)26(36)37-20-10-15-8-14(20)11-35(15)19-7-6-13(9-18(19)29)25-30-33-34-31-25/h1-3,6-7,9,12,14-15,20H,4-5,8,10-11H2,(H,30,31,33,34)/t14-,15-,20+/m0/s1. The lowest BCUT2D eigenvalue weighted by Gasteiger charge is -2.33. The topological polar surface area (TPSA) is 110 Å². The van der Waals surface area contributed by atoms with E-state index in [1.54, 1.807) is 30.3 Å². The average molecular weight is 555 g/mol. The van der Waals surface area contributed by atoms with Crippen molar-refractivity contribution in [3.63, 3.8) is 0 Å². The van der Waals surface area contributed by atoms with E-state index < -0.39 is 5.97 Å². The van der Waals surface area contributed by atoms with Gasteiger partial charge in [0.05, 0.1) is 15.7 Å². The first-order valence-corrected chi connectivity index (χ1v) is 13.2. The van der Waals surface area contributed by atoms with Crippen molar-refractivity contribution in [1.82, 2.24) is 25.8 Å². The van der Waals surface area contributed by atoms with E-state index in [-0.39, 0.29) is 29.8 Å². The maximum absolute atomic E-state index is 15.1. The van der Waals surface area contributed by atoms with Gasteiger partial charge < -0.3 is 14.2 Å². The predicted molar refractivity (Wildman–Crippen MR) is 137 cm³/mol. The number of aromatic nitrogens is 5. The van der Waals surface area contributed by atoms with Crippen molar-refractivity contribution < 1.29 is 18.4 Å². The van der Waals surface area contributed by atoms with E-state index in [9.17, 15) is 4.79 Å². The minimum absolute atomic E-state index is 0.0613. The van der Waals surface area contributed by atoms with Crippen molar-refractivity contribution in [3.8, 4) is 22.6 Å². The van der Waals surface area contributed by atoms with Crippen molar-refractivity contribution in [2.45, 2.75) is 43.7 Å². The van der Waals surface area contributed by atoms with Crippen molar-refractivity contribution in [1.29, 1.82) is 0 Å². The molecule has 4 aromatic rings. The van der Waals surface area contributed by atoms with Crippen molar-refractivity contribution in [2.24, 2.45) is 5.92 Å². The molecule has 1 saturated heterocycles. The number of ether oxygens (including phenoxy) is 1. The molecular formula is C26H21Cl2FN6O3. The zero-order valence-corrected chi connectivity index (χ0v) is 21.4. The number of hydrogen-bond acceptors (Lipinski definition) is 8. The van der Waals surface area contributed by atoms with Gasteiger partial charge in [-0.25, -0.2) is 9.18 Å². The van der Waals surface area contributed by atoms with Crippen LogP contribution in [0.15, 0.2) is 40.9 Å². The molecule has 7 rings (SSSR count). The highest BCUT2D eigenvalue weighted by molar-refractivity contribution is 6.39. The van der Waals surface area contributed by atoms with Gasteiger partial charge in [-0.1, -0.05) is 34.4 Å². The Morgan fingerprint density at radius 2 is 1.97 bits per heavy atom. The van der Waals surface area contributed by atoms with Gasteiger partial charge >= 0.3 is 5.97 Å². The lowest BCUT2D eigenvalue weighted by atomic mass is 10.0. The Bertz CT molecular complexity index is 1520. The number of benzene rings is 2. The number of esters is 1. The van der Waals surface area contributed by atoms with Gasteiger partial charge in [0.25, 0.3) is 0 Å². The highest BCUT2D eigenvalue weighted by Gasteiger charge is 2.48. The number of carbonyl (C=O) groups is 1. The maximum atomic E-state index is 15.1. The number of fused-ring (bicyclic) bond motifs is 2. The summed E-state index contributed by atoms with van der Waals surface area (Å²) in [5.41, 5.74) is 2.12. The maximum Gasteiger partial charge on any atom is 0.344 e. The number of nitrogens with one attached hydrogen (secondary N) is 1. The first kappa shape index (κ1) is 23.6. The highest BCUT2D eigenvalue weighted by atomic mass is 35.5. The summed E-state index contributed by atoms with van der Waals surface area (Å²) in [5.74, 6) is 0.231. The number of aromatic amines is 1. The summed E-state index contributed by atoms with van der Waals surface area (Å²) >= 11 is 12.9. The van der Waals surface area contributed by atoms with Crippen LogP contribution < -0.4 is 4.90 Å². The molecule has 194 valence electrons. The highest BCUT2D eigenvalue weighted by Crippen LogP contribution is 2.47. The van der Waals surface area contributed by atoms with Gasteiger partial charge in [-0.3, -0.25) is 0 Å². The normalized spacial score (nSPS) is 22.3. The van der Waals surface area contributed by atoms with Gasteiger partial charge in [0.15, 0.2) is 5.76 Å². The van der Waals surface area contributed by atoms with Gasteiger partial charge in [0.1, 0.15) is 23.2 Å². The SMILES string of the molecule is O=C(O[C@@H]1C[C@@H]2C[C@H]1CN2c1ccc(-c2nn[nH]n2)cc1F)c1c(-c2c(Cl)cccc2Cl)noc1C1CC1. The Labute approximate surface area is 226 Å². The van der Waals surface area contributed by atoms with Gasteiger partial charge in [-0.2, -0.15) is 5.21 Å². The lowest BCUT2D eigenvalue weighted by Crippen LogP contribution is -2.39. The molecule has 9 nitrogen and oxygen atoms in total. The number of halogens is 3. The van der Waals surface area contributed by atoms with E-state index in [4.69, 9.17) is 32.5 Å². The van der Waals surface area contributed by atoms with E-state index in [2.05, 4.69) is 25.8 Å². The van der Waals surface area contributed by atoms with E-state index >= 15 is 4.39 Å². The Morgan fingerprint density at radius 1 is 1.16 bits per heavy atom. The van der Waals surface area contributed by atoms with E-state index in [1.165, 1.54) is 6.07 Å². The Hall–Kier alpha value is -3.50. The Balaban J connectivity index is 1.10. The van der Waals surface area contributed by atoms with Crippen LogP contribution in [0.4, 0.5) is 10.1 Å². The van der Waals surface area contributed by atoms with Crippen LogP contribution in [0.25, 0.3) is 22.6 Å². The minimum atomic E-state index is -0.487. The first-order chi connectivity index (χ1) is 18.5. The number of piperidine rings is 1. The van der Waals surface area contributed by atoms with Crippen molar-refractivity contribution in [3.05, 3.63) is 63.6 Å². The number of carbonyl (C=O) groups excluding carboxylic acids is 1. The quantitative estimate of drug-likeness (QED) is 0.303. The summed E-state index contributed by atoms with van der Waals surface area (Å²) in [5, 5.41) is 18.7. The molecule has 2 bridgehead atoms. The molecule has 2 aromatic carbocycles. The van der Waals surface area contributed by atoms with E-state index in [1.807, 2.05) is 4.90 Å². The minimum Gasteiger partial charge on any atom is -0.458 e. The molecule has 38 heavy (non-hydrogen) atoms. The summed E-state index contributed by atoms with van der Waals surface area (Å²) in [6, 6.07) is 10.1. The van der Waals surface area contributed by atoms with Crippen molar-refractivity contribution >= 4 is 34.9 Å². The van der Waals surface area contributed by atoms with Crippen LogP contribution in [0, 0.1) is 11.7 Å². The smallest absolute Gasteiger partial charge is 0.344 e. The number of hydrogen-bond donors (Lipinski definition) is 1. The van der Waals surface area contributed by atoms with Crippen LogP contribution >= 0.6 is 23.2 Å². The molecule has 3 heterocycles. The molecular weight excluding hydrogens is 534 g/mol. The molecule has 0 spiro atoms. The number of nitrogens with zero attached hydrogens (tertiary/aromatic N) is 5. The van der Waals surface area contributed by atoms with Crippen LogP contribution in [-0.2, 0) is 4.74 Å². The fourth-order valence-electron chi connectivity index (χ4n) is 5.72. The summed E-state index contributed by atoms with van der Waals surface area (Å²) in [6.07, 6.45) is 2.97. The molecule has 2 aliphatic carbocycles. The van der Waals surface area contributed by atoms with Crippen molar-refractivity contribution in [2.75, 3.05) is 11.4 Å².